The number of nitrogens with one attached hydrogen (secondary N) is 2. The van der Waals surface area contributed by atoms with Gasteiger partial charge in [0.25, 0.3) is 5.91 Å². The number of fused-ring (bicyclic) bond motifs is 1. The van der Waals surface area contributed by atoms with Crippen LogP contribution in [0.15, 0.2) is 53.3 Å². The summed E-state index contributed by atoms with van der Waals surface area (Å²) >= 11 is 0. The van der Waals surface area contributed by atoms with Gasteiger partial charge in [-0.25, -0.2) is 0 Å². The lowest BCUT2D eigenvalue weighted by molar-refractivity contribution is 0.102. The van der Waals surface area contributed by atoms with Crippen LogP contribution in [0.1, 0.15) is 16.1 Å². The number of aromatic nitrogens is 2. The molecule has 1 heterocycles. The molecule has 0 aliphatic heterocycles. The molecule has 110 valence electrons. The van der Waals surface area contributed by atoms with Gasteiger partial charge in [-0.1, -0.05) is 24.3 Å². The first-order chi connectivity index (χ1) is 10.7. The first kappa shape index (κ1) is 14.0. The number of aliphatic hydroxyl groups is 1. The van der Waals surface area contributed by atoms with E-state index >= 15 is 0 Å². The number of carbonyl (C=O) groups is 1. The maximum atomic E-state index is 12.3. The molecule has 0 aliphatic carbocycles. The van der Waals surface area contributed by atoms with Crippen molar-refractivity contribution in [2.75, 3.05) is 5.32 Å². The Morgan fingerprint density at radius 2 is 2.00 bits per heavy atom. The minimum absolute atomic E-state index is 0.126. The van der Waals surface area contributed by atoms with Crippen LogP contribution in [0.4, 0.5) is 5.69 Å². The lowest BCUT2D eigenvalue weighted by Gasteiger charge is -2.06. The van der Waals surface area contributed by atoms with E-state index in [1.807, 2.05) is 0 Å². The highest BCUT2D eigenvalue weighted by atomic mass is 16.3. The maximum Gasteiger partial charge on any atom is 0.280 e. The highest BCUT2D eigenvalue weighted by Crippen LogP contribution is 2.12. The number of H-pyrrole nitrogens is 1. The summed E-state index contributed by atoms with van der Waals surface area (Å²) in [6, 6.07) is 13.6. The predicted octanol–water partition coefficient (Wildman–Crippen LogP) is 1.67. The fourth-order valence-corrected chi connectivity index (χ4v) is 2.16. The number of rotatable bonds is 3. The molecule has 3 N–H and O–H groups in total. The third-order valence-electron chi connectivity index (χ3n) is 3.26. The minimum atomic E-state index is -0.595. The zero-order valence-electron chi connectivity index (χ0n) is 11.5. The third kappa shape index (κ3) is 2.59. The number of aromatic amines is 1. The molecule has 0 radical (unpaired) electrons. The second-order valence-corrected chi connectivity index (χ2v) is 4.76. The number of nitrogens with zero attached hydrogens (tertiary/aromatic N) is 1. The van der Waals surface area contributed by atoms with Gasteiger partial charge in [0.05, 0.1) is 12.1 Å². The number of para-hydroxylation sites is 1. The predicted molar refractivity (Wildman–Crippen MR) is 82.7 cm³/mol. The van der Waals surface area contributed by atoms with Crippen molar-refractivity contribution in [3.63, 3.8) is 0 Å². The van der Waals surface area contributed by atoms with E-state index in [0.29, 0.717) is 22.2 Å². The second-order valence-electron chi connectivity index (χ2n) is 4.76. The normalized spacial score (nSPS) is 10.6. The van der Waals surface area contributed by atoms with Crippen LogP contribution in [-0.2, 0) is 6.61 Å². The molecule has 0 spiro atoms. The zero-order valence-corrected chi connectivity index (χ0v) is 11.5. The number of hydrogen-bond donors (Lipinski definition) is 3. The van der Waals surface area contributed by atoms with Crippen LogP contribution in [-0.4, -0.2) is 21.2 Å². The van der Waals surface area contributed by atoms with Crippen LogP contribution in [0.3, 0.4) is 0 Å². The molecule has 0 fully saturated rings. The Morgan fingerprint density at radius 3 is 2.82 bits per heavy atom. The fourth-order valence-electron chi connectivity index (χ4n) is 2.16. The molecule has 0 unspecified atom stereocenters. The zero-order chi connectivity index (χ0) is 15.5. The number of amides is 1. The standard InChI is InChI=1S/C16H13N3O3/c20-9-10-4-3-5-11(8-10)17-16(22)14-15(21)12-6-1-2-7-13(12)18-19-14/h1-8,20H,9H2,(H,17,22)(H,18,21). The van der Waals surface area contributed by atoms with E-state index in [2.05, 4.69) is 15.5 Å². The largest absolute Gasteiger partial charge is 0.392 e. The average Bonchev–Trinajstić information content (AvgIpc) is 2.55. The summed E-state index contributed by atoms with van der Waals surface area (Å²) in [4.78, 5) is 24.5. The van der Waals surface area contributed by atoms with E-state index in [0.717, 1.165) is 0 Å². The lowest BCUT2D eigenvalue weighted by Crippen LogP contribution is -2.24. The number of carbonyl (C=O) groups excluding carboxylic acids is 1. The Bertz CT molecular complexity index is 902. The molecule has 22 heavy (non-hydrogen) atoms. The first-order valence-electron chi connectivity index (χ1n) is 6.67. The summed E-state index contributed by atoms with van der Waals surface area (Å²) < 4.78 is 0. The third-order valence-corrected chi connectivity index (χ3v) is 3.26. The van der Waals surface area contributed by atoms with Gasteiger partial charge in [0.2, 0.25) is 5.43 Å². The van der Waals surface area contributed by atoms with E-state index < -0.39 is 11.3 Å². The van der Waals surface area contributed by atoms with E-state index in [-0.39, 0.29) is 12.3 Å². The molecule has 0 saturated heterocycles. The fraction of sp³-hybridized carbons (Fsp3) is 0.0625. The van der Waals surface area contributed by atoms with E-state index in [9.17, 15) is 9.59 Å². The van der Waals surface area contributed by atoms with Crippen molar-refractivity contribution in [2.24, 2.45) is 0 Å². The second kappa shape index (κ2) is 5.79. The van der Waals surface area contributed by atoms with Crippen LogP contribution in [0.25, 0.3) is 10.9 Å². The molecule has 0 saturated carbocycles. The molecule has 2 aromatic carbocycles. The molecule has 0 atom stereocenters. The molecule has 6 heteroatoms. The molecular weight excluding hydrogens is 282 g/mol. The SMILES string of the molecule is O=C(Nc1cccc(CO)c1)c1n[nH]c2ccccc2c1=O. The number of hydrogen-bond acceptors (Lipinski definition) is 4. The van der Waals surface area contributed by atoms with Crippen LogP contribution in [0.5, 0.6) is 0 Å². The van der Waals surface area contributed by atoms with Crippen LogP contribution < -0.4 is 10.7 Å². The average molecular weight is 295 g/mol. The summed E-state index contributed by atoms with van der Waals surface area (Å²) in [5.41, 5.74) is 1.11. The molecule has 3 rings (SSSR count). The van der Waals surface area contributed by atoms with Crippen molar-refractivity contribution in [1.29, 1.82) is 0 Å². The van der Waals surface area contributed by atoms with Crippen LogP contribution in [0.2, 0.25) is 0 Å². The van der Waals surface area contributed by atoms with Crippen molar-refractivity contribution >= 4 is 22.5 Å². The van der Waals surface area contributed by atoms with Gasteiger partial charge < -0.3 is 10.4 Å². The van der Waals surface area contributed by atoms with Gasteiger partial charge in [-0.3, -0.25) is 14.7 Å². The van der Waals surface area contributed by atoms with Crippen molar-refractivity contribution in [1.82, 2.24) is 10.2 Å². The first-order valence-corrected chi connectivity index (χ1v) is 6.67. The summed E-state index contributed by atoms with van der Waals surface area (Å²) in [5, 5.41) is 18.7. The minimum Gasteiger partial charge on any atom is -0.392 e. The Labute approximate surface area is 125 Å². The molecule has 0 bridgehead atoms. The molecule has 3 aromatic rings. The monoisotopic (exact) mass is 295 g/mol. The van der Waals surface area contributed by atoms with Gasteiger partial charge in [0, 0.05) is 11.1 Å². The number of anilines is 1. The van der Waals surface area contributed by atoms with Crippen molar-refractivity contribution < 1.29 is 9.90 Å². The molecule has 1 amide bonds. The number of benzene rings is 2. The van der Waals surface area contributed by atoms with Gasteiger partial charge in [-0.15, -0.1) is 0 Å². The summed E-state index contributed by atoms with van der Waals surface area (Å²) in [6.45, 7) is -0.126. The summed E-state index contributed by atoms with van der Waals surface area (Å²) in [7, 11) is 0. The van der Waals surface area contributed by atoms with E-state index in [1.165, 1.54) is 0 Å². The van der Waals surface area contributed by atoms with Gasteiger partial charge in [0.15, 0.2) is 5.69 Å². The van der Waals surface area contributed by atoms with Crippen LogP contribution >= 0.6 is 0 Å². The van der Waals surface area contributed by atoms with Crippen molar-refractivity contribution in [3.05, 3.63) is 70.0 Å². The quantitative estimate of drug-likeness (QED) is 0.685. The van der Waals surface area contributed by atoms with Gasteiger partial charge in [-0.05, 0) is 29.8 Å². The smallest absolute Gasteiger partial charge is 0.280 e. The van der Waals surface area contributed by atoms with E-state index in [4.69, 9.17) is 5.11 Å². The Kier molecular flexibility index (Phi) is 3.67. The molecule has 0 aliphatic rings. The van der Waals surface area contributed by atoms with Gasteiger partial charge >= 0.3 is 0 Å². The Balaban J connectivity index is 1.95. The topological polar surface area (TPSA) is 95.1 Å². The lowest BCUT2D eigenvalue weighted by atomic mass is 10.2. The number of aliphatic hydroxyl groups excluding tert-OH is 1. The van der Waals surface area contributed by atoms with Crippen molar-refractivity contribution in [2.45, 2.75) is 6.61 Å². The summed E-state index contributed by atoms with van der Waals surface area (Å²) in [6.07, 6.45) is 0. The highest BCUT2D eigenvalue weighted by Gasteiger charge is 2.15. The van der Waals surface area contributed by atoms with Crippen molar-refractivity contribution in [3.8, 4) is 0 Å². The molecule has 6 nitrogen and oxygen atoms in total. The molecule has 1 aromatic heterocycles. The molecular formula is C16H13N3O3. The summed E-state index contributed by atoms with van der Waals surface area (Å²) in [5.74, 6) is -0.595. The Hall–Kier alpha value is -2.99. The van der Waals surface area contributed by atoms with Crippen LogP contribution in [0, 0.1) is 0 Å². The maximum absolute atomic E-state index is 12.3. The Morgan fingerprint density at radius 1 is 1.18 bits per heavy atom. The highest BCUT2D eigenvalue weighted by molar-refractivity contribution is 6.04. The van der Waals surface area contributed by atoms with Gasteiger partial charge in [0.1, 0.15) is 0 Å². The van der Waals surface area contributed by atoms with E-state index in [1.54, 1.807) is 48.5 Å². The van der Waals surface area contributed by atoms with Gasteiger partial charge in [-0.2, -0.15) is 5.10 Å².